The SMILES string of the molecule is C=CCN(CC(=O)OCC)C(=O)[C@H](Cc1ccccc1)N(CC=C)C(=O)OC(C)(C)C. The topological polar surface area (TPSA) is 76.2 Å². The average molecular weight is 431 g/mol. The molecule has 0 spiro atoms. The normalized spacial score (nSPS) is 11.7. The first-order chi connectivity index (χ1) is 14.6. The quantitative estimate of drug-likeness (QED) is 0.396. The van der Waals surface area contributed by atoms with Crippen molar-refractivity contribution in [3.8, 4) is 0 Å². The molecule has 0 unspecified atom stereocenters. The van der Waals surface area contributed by atoms with Crippen LogP contribution in [0.1, 0.15) is 33.3 Å². The Balaban J connectivity index is 3.32. The summed E-state index contributed by atoms with van der Waals surface area (Å²) in [5.74, 6) is -0.923. The number of esters is 1. The Bertz CT molecular complexity index is 755. The molecule has 1 aromatic carbocycles. The first kappa shape index (κ1) is 25.9. The van der Waals surface area contributed by atoms with Gasteiger partial charge < -0.3 is 14.4 Å². The second-order valence-corrected chi connectivity index (χ2v) is 7.94. The Hall–Kier alpha value is -3.09. The van der Waals surface area contributed by atoms with E-state index < -0.39 is 29.6 Å². The van der Waals surface area contributed by atoms with Gasteiger partial charge in [0.25, 0.3) is 0 Å². The van der Waals surface area contributed by atoms with Crippen LogP contribution in [0.3, 0.4) is 0 Å². The van der Waals surface area contributed by atoms with Crippen molar-refractivity contribution in [1.82, 2.24) is 9.80 Å². The molecular weight excluding hydrogens is 396 g/mol. The molecule has 1 atom stereocenters. The molecule has 0 aliphatic heterocycles. The molecule has 2 amide bonds. The van der Waals surface area contributed by atoms with Gasteiger partial charge in [0.05, 0.1) is 6.61 Å². The summed E-state index contributed by atoms with van der Waals surface area (Å²) in [6.07, 6.45) is 2.69. The van der Waals surface area contributed by atoms with E-state index >= 15 is 0 Å². The predicted molar refractivity (Wildman–Crippen MR) is 120 cm³/mol. The first-order valence-electron chi connectivity index (χ1n) is 10.3. The van der Waals surface area contributed by atoms with E-state index in [4.69, 9.17) is 9.47 Å². The van der Waals surface area contributed by atoms with Crippen LogP contribution in [0.25, 0.3) is 0 Å². The van der Waals surface area contributed by atoms with Gasteiger partial charge in [-0.15, -0.1) is 13.2 Å². The van der Waals surface area contributed by atoms with Crippen LogP contribution in [0.4, 0.5) is 4.79 Å². The Morgan fingerprint density at radius 2 is 1.68 bits per heavy atom. The molecule has 0 aliphatic rings. The average Bonchev–Trinajstić information content (AvgIpc) is 2.69. The second-order valence-electron chi connectivity index (χ2n) is 7.94. The molecule has 7 nitrogen and oxygen atoms in total. The number of rotatable bonds is 11. The number of benzene rings is 1. The standard InChI is InChI=1S/C24H34N2O5/c1-7-15-25(18-21(27)30-9-3)22(28)20(17-19-13-11-10-12-14-19)26(16-8-2)23(29)31-24(4,5)6/h7-8,10-14,20H,1-2,9,15-18H2,3-6H3/t20-/m0/s1. The van der Waals surface area contributed by atoms with E-state index in [1.54, 1.807) is 33.8 Å². The van der Waals surface area contributed by atoms with Crippen molar-refractivity contribution in [2.24, 2.45) is 0 Å². The van der Waals surface area contributed by atoms with E-state index in [0.717, 1.165) is 5.56 Å². The van der Waals surface area contributed by atoms with Gasteiger partial charge in [0.15, 0.2) is 0 Å². The molecular formula is C24H34N2O5. The molecule has 0 radical (unpaired) electrons. The molecule has 1 aromatic rings. The monoisotopic (exact) mass is 430 g/mol. The second kappa shape index (κ2) is 12.6. The maximum absolute atomic E-state index is 13.6. The van der Waals surface area contributed by atoms with E-state index in [1.165, 1.54) is 15.9 Å². The summed E-state index contributed by atoms with van der Waals surface area (Å²) in [4.78, 5) is 41.2. The molecule has 0 heterocycles. The maximum Gasteiger partial charge on any atom is 0.411 e. The van der Waals surface area contributed by atoms with Crippen LogP contribution < -0.4 is 0 Å². The van der Waals surface area contributed by atoms with E-state index in [-0.39, 0.29) is 32.7 Å². The van der Waals surface area contributed by atoms with E-state index in [2.05, 4.69) is 13.2 Å². The molecule has 0 aromatic heterocycles. The van der Waals surface area contributed by atoms with Gasteiger partial charge in [-0.1, -0.05) is 42.5 Å². The van der Waals surface area contributed by atoms with Crippen molar-refractivity contribution in [3.05, 3.63) is 61.2 Å². The highest BCUT2D eigenvalue weighted by molar-refractivity contribution is 5.89. The third-order valence-electron chi connectivity index (χ3n) is 4.17. The lowest BCUT2D eigenvalue weighted by molar-refractivity contribution is -0.150. The number of hydrogen-bond acceptors (Lipinski definition) is 5. The van der Waals surface area contributed by atoms with Crippen molar-refractivity contribution in [3.63, 3.8) is 0 Å². The molecule has 0 fully saturated rings. The molecule has 1 rings (SSSR count). The van der Waals surface area contributed by atoms with E-state index in [1.807, 2.05) is 30.3 Å². The molecule has 31 heavy (non-hydrogen) atoms. The Morgan fingerprint density at radius 1 is 1.06 bits per heavy atom. The minimum absolute atomic E-state index is 0.111. The summed E-state index contributed by atoms with van der Waals surface area (Å²) in [6.45, 7) is 14.6. The van der Waals surface area contributed by atoms with Gasteiger partial charge in [-0.25, -0.2) is 4.79 Å². The third-order valence-corrected chi connectivity index (χ3v) is 4.17. The lowest BCUT2D eigenvalue weighted by Crippen LogP contribution is -2.54. The number of hydrogen-bond donors (Lipinski definition) is 0. The summed E-state index contributed by atoms with van der Waals surface area (Å²) in [5, 5.41) is 0. The highest BCUT2D eigenvalue weighted by Gasteiger charge is 2.35. The highest BCUT2D eigenvalue weighted by atomic mass is 16.6. The van der Waals surface area contributed by atoms with Gasteiger partial charge in [0.1, 0.15) is 18.2 Å². The molecule has 0 saturated carbocycles. The lowest BCUT2D eigenvalue weighted by Gasteiger charge is -2.35. The van der Waals surface area contributed by atoms with Crippen LogP contribution in [0, 0.1) is 0 Å². The zero-order valence-electron chi connectivity index (χ0n) is 19.0. The molecule has 0 bridgehead atoms. The van der Waals surface area contributed by atoms with Crippen LogP contribution in [-0.4, -0.2) is 65.7 Å². The van der Waals surface area contributed by atoms with Gasteiger partial charge in [-0.05, 0) is 33.3 Å². The van der Waals surface area contributed by atoms with Crippen molar-refractivity contribution in [1.29, 1.82) is 0 Å². The fourth-order valence-corrected chi connectivity index (χ4v) is 2.92. The fraction of sp³-hybridized carbons (Fsp3) is 0.458. The number of carbonyl (C=O) groups is 3. The molecule has 170 valence electrons. The van der Waals surface area contributed by atoms with Gasteiger partial charge in [0.2, 0.25) is 5.91 Å². The largest absolute Gasteiger partial charge is 0.465 e. The van der Waals surface area contributed by atoms with Crippen molar-refractivity contribution >= 4 is 18.0 Å². The Kier molecular flexibility index (Phi) is 10.5. The summed E-state index contributed by atoms with van der Waals surface area (Å²) in [6, 6.07) is 8.46. The number of carbonyl (C=O) groups excluding carboxylic acids is 3. The van der Waals surface area contributed by atoms with Crippen LogP contribution in [0.2, 0.25) is 0 Å². The number of amides is 2. The van der Waals surface area contributed by atoms with E-state index in [9.17, 15) is 14.4 Å². The van der Waals surface area contributed by atoms with Crippen LogP contribution in [0.5, 0.6) is 0 Å². The minimum Gasteiger partial charge on any atom is -0.465 e. The third kappa shape index (κ3) is 9.07. The maximum atomic E-state index is 13.6. The van der Waals surface area contributed by atoms with Crippen molar-refractivity contribution < 1.29 is 23.9 Å². The zero-order valence-corrected chi connectivity index (χ0v) is 19.0. The molecule has 0 saturated heterocycles. The van der Waals surface area contributed by atoms with Crippen LogP contribution >= 0.6 is 0 Å². The van der Waals surface area contributed by atoms with Gasteiger partial charge >= 0.3 is 12.1 Å². The molecule has 0 N–H and O–H groups in total. The van der Waals surface area contributed by atoms with Crippen molar-refractivity contribution in [2.45, 2.75) is 45.8 Å². The minimum atomic E-state index is -0.898. The summed E-state index contributed by atoms with van der Waals surface area (Å²) in [5.41, 5.74) is 0.135. The summed E-state index contributed by atoms with van der Waals surface area (Å²) >= 11 is 0. The lowest BCUT2D eigenvalue weighted by atomic mass is 10.0. The molecule has 7 heteroatoms. The first-order valence-corrected chi connectivity index (χ1v) is 10.3. The van der Waals surface area contributed by atoms with Crippen LogP contribution in [-0.2, 0) is 25.5 Å². The zero-order chi connectivity index (χ0) is 23.4. The summed E-state index contributed by atoms with van der Waals surface area (Å²) in [7, 11) is 0. The smallest absolute Gasteiger partial charge is 0.411 e. The number of ether oxygens (including phenoxy) is 2. The van der Waals surface area contributed by atoms with Crippen molar-refractivity contribution in [2.75, 3.05) is 26.2 Å². The van der Waals surface area contributed by atoms with E-state index in [0.29, 0.717) is 0 Å². The van der Waals surface area contributed by atoms with Gasteiger partial charge in [-0.2, -0.15) is 0 Å². The Morgan fingerprint density at radius 3 is 2.19 bits per heavy atom. The number of nitrogens with zero attached hydrogens (tertiary/aromatic N) is 2. The van der Waals surface area contributed by atoms with Crippen LogP contribution in [0.15, 0.2) is 55.6 Å². The summed E-state index contributed by atoms with van der Waals surface area (Å²) < 4.78 is 10.5. The molecule has 0 aliphatic carbocycles. The van der Waals surface area contributed by atoms with Gasteiger partial charge in [0, 0.05) is 19.5 Å². The fourth-order valence-electron chi connectivity index (χ4n) is 2.92. The predicted octanol–water partition coefficient (Wildman–Crippen LogP) is 3.60. The Labute approximate surface area is 185 Å². The van der Waals surface area contributed by atoms with Gasteiger partial charge in [-0.3, -0.25) is 14.5 Å². The highest BCUT2D eigenvalue weighted by Crippen LogP contribution is 2.17.